The Morgan fingerprint density at radius 1 is 1.39 bits per heavy atom. The molecular weight excluding hydrogens is 250 g/mol. The summed E-state index contributed by atoms with van der Waals surface area (Å²) in [6, 6.07) is 9.15. The first-order valence-corrected chi connectivity index (χ1v) is 6.06. The summed E-state index contributed by atoms with van der Waals surface area (Å²) < 4.78 is 0. The standard InChI is InChI=1S/C13H14ClN3O/c1-8(2)15-13(18)12-7-11(16-17-12)9-4-3-5-10(14)6-9/h3-8H,1-2H3,(H,15,18)(H,16,17). The number of rotatable bonds is 3. The van der Waals surface area contributed by atoms with Crippen molar-refractivity contribution in [3.63, 3.8) is 0 Å². The maximum Gasteiger partial charge on any atom is 0.269 e. The van der Waals surface area contributed by atoms with Gasteiger partial charge in [-0.1, -0.05) is 23.7 Å². The number of aromatic nitrogens is 2. The number of H-pyrrole nitrogens is 1. The van der Waals surface area contributed by atoms with Crippen LogP contribution < -0.4 is 5.32 Å². The molecular formula is C13H14ClN3O. The van der Waals surface area contributed by atoms with Crippen LogP contribution in [-0.2, 0) is 0 Å². The maximum atomic E-state index is 11.8. The van der Waals surface area contributed by atoms with E-state index in [0.717, 1.165) is 5.56 Å². The van der Waals surface area contributed by atoms with Crippen LogP contribution in [-0.4, -0.2) is 22.1 Å². The highest BCUT2D eigenvalue weighted by atomic mass is 35.5. The first-order chi connectivity index (χ1) is 8.56. The highest BCUT2D eigenvalue weighted by Crippen LogP contribution is 2.21. The van der Waals surface area contributed by atoms with Gasteiger partial charge in [0.05, 0.1) is 5.69 Å². The smallest absolute Gasteiger partial charge is 0.269 e. The van der Waals surface area contributed by atoms with E-state index in [2.05, 4.69) is 15.5 Å². The second-order valence-electron chi connectivity index (χ2n) is 4.31. The van der Waals surface area contributed by atoms with Gasteiger partial charge in [-0.25, -0.2) is 0 Å². The molecule has 0 fully saturated rings. The van der Waals surface area contributed by atoms with Crippen LogP contribution in [0.15, 0.2) is 30.3 Å². The topological polar surface area (TPSA) is 57.8 Å². The van der Waals surface area contributed by atoms with Crippen molar-refractivity contribution >= 4 is 17.5 Å². The summed E-state index contributed by atoms with van der Waals surface area (Å²) in [5, 5.41) is 10.3. The van der Waals surface area contributed by atoms with Crippen LogP contribution in [0.25, 0.3) is 11.3 Å². The second kappa shape index (κ2) is 5.23. The predicted octanol–water partition coefficient (Wildman–Crippen LogP) is 2.87. The number of carbonyl (C=O) groups is 1. The minimum absolute atomic E-state index is 0.0930. The molecule has 0 atom stereocenters. The van der Waals surface area contributed by atoms with Crippen molar-refractivity contribution in [1.29, 1.82) is 0 Å². The summed E-state index contributed by atoms with van der Waals surface area (Å²) in [5.41, 5.74) is 2.02. The third-order valence-electron chi connectivity index (χ3n) is 2.36. The molecule has 0 radical (unpaired) electrons. The molecule has 1 heterocycles. The number of hydrogen-bond acceptors (Lipinski definition) is 2. The van der Waals surface area contributed by atoms with Crippen molar-refractivity contribution in [2.24, 2.45) is 0 Å². The highest BCUT2D eigenvalue weighted by Gasteiger charge is 2.11. The first kappa shape index (κ1) is 12.6. The largest absolute Gasteiger partial charge is 0.349 e. The Hall–Kier alpha value is -1.81. The Morgan fingerprint density at radius 3 is 2.83 bits per heavy atom. The third-order valence-corrected chi connectivity index (χ3v) is 2.60. The van der Waals surface area contributed by atoms with Crippen LogP contribution >= 0.6 is 11.6 Å². The molecule has 1 amide bonds. The molecule has 94 valence electrons. The van der Waals surface area contributed by atoms with Crippen LogP contribution in [0, 0.1) is 0 Å². The fourth-order valence-electron chi connectivity index (χ4n) is 1.57. The average molecular weight is 264 g/mol. The molecule has 0 saturated heterocycles. The van der Waals surface area contributed by atoms with Gasteiger partial charge in [-0.05, 0) is 32.0 Å². The van der Waals surface area contributed by atoms with Gasteiger partial charge < -0.3 is 5.32 Å². The van der Waals surface area contributed by atoms with Gasteiger partial charge in [0.25, 0.3) is 5.91 Å². The van der Waals surface area contributed by atoms with E-state index in [1.54, 1.807) is 12.1 Å². The number of nitrogens with one attached hydrogen (secondary N) is 2. The van der Waals surface area contributed by atoms with Crippen LogP contribution in [0.1, 0.15) is 24.3 Å². The lowest BCUT2D eigenvalue weighted by atomic mass is 10.1. The lowest BCUT2D eigenvalue weighted by Crippen LogP contribution is -2.30. The molecule has 1 aromatic carbocycles. The van der Waals surface area contributed by atoms with Crippen LogP contribution in [0.5, 0.6) is 0 Å². The third kappa shape index (κ3) is 2.90. The summed E-state index contributed by atoms with van der Waals surface area (Å²) in [5.74, 6) is -0.161. The molecule has 4 nitrogen and oxygen atoms in total. The molecule has 2 rings (SSSR count). The van der Waals surface area contributed by atoms with Gasteiger partial charge in [-0.2, -0.15) is 5.10 Å². The molecule has 0 aliphatic rings. The van der Waals surface area contributed by atoms with E-state index < -0.39 is 0 Å². The average Bonchev–Trinajstić information content (AvgIpc) is 2.77. The number of aromatic amines is 1. The zero-order valence-corrected chi connectivity index (χ0v) is 11.0. The van der Waals surface area contributed by atoms with Gasteiger partial charge in [0.2, 0.25) is 0 Å². The normalized spacial score (nSPS) is 10.7. The minimum atomic E-state index is -0.161. The van der Waals surface area contributed by atoms with Crippen LogP contribution in [0.3, 0.4) is 0 Å². The van der Waals surface area contributed by atoms with Crippen molar-refractivity contribution in [1.82, 2.24) is 15.5 Å². The molecule has 0 bridgehead atoms. The molecule has 0 aliphatic carbocycles. The molecule has 0 aliphatic heterocycles. The van der Waals surface area contributed by atoms with Gasteiger partial charge in [0, 0.05) is 16.6 Å². The lowest BCUT2D eigenvalue weighted by molar-refractivity contribution is 0.0938. The molecule has 0 spiro atoms. The van der Waals surface area contributed by atoms with Gasteiger partial charge in [-0.3, -0.25) is 9.89 Å². The number of halogens is 1. The van der Waals surface area contributed by atoms with Gasteiger partial charge >= 0.3 is 0 Å². The first-order valence-electron chi connectivity index (χ1n) is 5.68. The summed E-state index contributed by atoms with van der Waals surface area (Å²) in [4.78, 5) is 11.8. The van der Waals surface area contributed by atoms with Crippen LogP contribution in [0.2, 0.25) is 5.02 Å². The van der Waals surface area contributed by atoms with Crippen molar-refractivity contribution in [2.75, 3.05) is 0 Å². The molecule has 18 heavy (non-hydrogen) atoms. The summed E-state index contributed by atoms with van der Waals surface area (Å²) in [6.45, 7) is 3.82. The highest BCUT2D eigenvalue weighted by molar-refractivity contribution is 6.30. The van der Waals surface area contributed by atoms with E-state index in [0.29, 0.717) is 16.4 Å². The Labute approximate surface area is 110 Å². The zero-order valence-electron chi connectivity index (χ0n) is 10.2. The zero-order chi connectivity index (χ0) is 13.1. The Bertz CT molecular complexity index is 563. The van der Waals surface area contributed by atoms with Gasteiger partial charge in [0.1, 0.15) is 5.69 Å². The van der Waals surface area contributed by atoms with Gasteiger partial charge in [-0.15, -0.1) is 0 Å². The Morgan fingerprint density at radius 2 is 2.17 bits per heavy atom. The van der Waals surface area contributed by atoms with E-state index in [9.17, 15) is 4.79 Å². The molecule has 1 aromatic heterocycles. The van der Waals surface area contributed by atoms with Crippen LogP contribution in [0.4, 0.5) is 0 Å². The van der Waals surface area contributed by atoms with Gasteiger partial charge in [0.15, 0.2) is 0 Å². The quantitative estimate of drug-likeness (QED) is 0.895. The molecule has 0 saturated carbocycles. The monoisotopic (exact) mass is 263 g/mol. The summed E-state index contributed by atoms with van der Waals surface area (Å²) in [7, 11) is 0. The number of amides is 1. The SMILES string of the molecule is CC(C)NC(=O)c1cc(-c2cccc(Cl)c2)n[nH]1. The number of benzene rings is 1. The van der Waals surface area contributed by atoms with Crippen molar-refractivity contribution in [3.8, 4) is 11.3 Å². The minimum Gasteiger partial charge on any atom is -0.349 e. The van der Waals surface area contributed by atoms with E-state index in [1.165, 1.54) is 0 Å². The molecule has 5 heteroatoms. The number of nitrogens with zero attached hydrogens (tertiary/aromatic N) is 1. The predicted molar refractivity (Wildman–Crippen MR) is 71.6 cm³/mol. The van der Waals surface area contributed by atoms with E-state index >= 15 is 0 Å². The number of carbonyl (C=O) groups excluding carboxylic acids is 1. The van der Waals surface area contributed by atoms with Crippen molar-refractivity contribution in [2.45, 2.75) is 19.9 Å². The summed E-state index contributed by atoms with van der Waals surface area (Å²) in [6.07, 6.45) is 0. The van der Waals surface area contributed by atoms with Crippen molar-refractivity contribution < 1.29 is 4.79 Å². The molecule has 2 aromatic rings. The Balaban J connectivity index is 2.23. The van der Waals surface area contributed by atoms with E-state index in [4.69, 9.17) is 11.6 Å². The molecule has 0 unspecified atom stereocenters. The maximum absolute atomic E-state index is 11.8. The van der Waals surface area contributed by atoms with Crippen molar-refractivity contribution in [3.05, 3.63) is 41.0 Å². The van der Waals surface area contributed by atoms with E-state index in [1.807, 2.05) is 32.0 Å². The summed E-state index contributed by atoms with van der Waals surface area (Å²) >= 11 is 5.92. The fourth-order valence-corrected chi connectivity index (χ4v) is 1.76. The number of hydrogen-bond donors (Lipinski definition) is 2. The second-order valence-corrected chi connectivity index (χ2v) is 4.74. The Kier molecular flexibility index (Phi) is 3.67. The fraction of sp³-hybridized carbons (Fsp3) is 0.231. The lowest BCUT2D eigenvalue weighted by Gasteiger charge is -2.05. The molecule has 2 N–H and O–H groups in total. The van der Waals surface area contributed by atoms with E-state index in [-0.39, 0.29) is 11.9 Å².